The summed E-state index contributed by atoms with van der Waals surface area (Å²) in [5, 5.41) is 14.1. The molecule has 3 N–H and O–H groups in total. The highest BCUT2D eigenvalue weighted by Gasteiger charge is 2.12. The third-order valence-electron chi connectivity index (χ3n) is 4.06. The van der Waals surface area contributed by atoms with Crippen LogP contribution in [0.5, 0.6) is 0 Å². The van der Waals surface area contributed by atoms with E-state index in [1.807, 2.05) is 48.7 Å². The van der Waals surface area contributed by atoms with Crippen molar-refractivity contribution >= 4 is 17.9 Å². The van der Waals surface area contributed by atoms with Gasteiger partial charge in [-0.2, -0.15) is 20.5 Å². The van der Waals surface area contributed by atoms with Gasteiger partial charge in [0, 0.05) is 35.8 Å². The van der Waals surface area contributed by atoms with Crippen molar-refractivity contribution in [2.45, 2.75) is 0 Å². The average Bonchev–Trinajstić information content (AvgIpc) is 3.48. The van der Waals surface area contributed by atoms with E-state index in [-0.39, 0.29) is 5.69 Å². The lowest BCUT2D eigenvalue weighted by Gasteiger charge is -2.02. The zero-order valence-electron chi connectivity index (χ0n) is 15.6. The molecule has 0 aliphatic carbocycles. The van der Waals surface area contributed by atoms with Crippen LogP contribution in [0.25, 0.3) is 23.0 Å². The molecule has 0 aliphatic rings. The van der Waals surface area contributed by atoms with Gasteiger partial charge < -0.3 is 0 Å². The van der Waals surface area contributed by atoms with E-state index in [0.29, 0.717) is 11.3 Å². The first kappa shape index (κ1) is 18.7. The van der Waals surface area contributed by atoms with Gasteiger partial charge >= 0.3 is 0 Å². The van der Waals surface area contributed by atoms with Gasteiger partial charge in [-0.25, -0.2) is 4.68 Å². The number of nitrogens with one attached hydrogen (secondary N) is 3. The molecule has 148 valence electrons. The lowest BCUT2D eigenvalue weighted by atomic mass is 10.1. The minimum Gasteiger partial charge on any atom is -0.268 e. The van der Waals surface area contributed by atoms with Crippen LogP contribution in [-0.2, 0) is 4.79 Å². The Labute approximate surface area is 170 Å². The lowest BCUT2D eigenvalue weighted by Crippen LogP contribution is -2.40. The molecule has 0 saturated carbocycles. The molecule has 0 saturated heterocycles. The molecule has 3 heterocycles. The fourth-order valence-corrected chi connectivity index (χ4v) is 2.65. The number of amides is 2. The Morgan fingerprint density at radius 2 is 1.90 bits per heavy atom. The third kappa shape index (κ3) is 4.28. The van der Waals surface area contributed by atoms with Gasteiger partial charge in [0.1, 0.15) is 5.69 Å². The number of H-pyrrole nitrogens is 1. The molecule has 1 aromatic carbocycles. The van der Waals surface area contributed by atoms with Gasteiger partial charge in [-0.3, -0.25) is 25.4 Å². The fourth-order valence-electron chi connectivity index (χ4n) is 2.65. The summed E-state index contributed by atoms with van der Waals surface area (Å²) in [5.41, 5.74) is 7.68. The quantitative estimate of drug-likeness (QED) is 0.344. The number of nitrogens with zero attached hydrogens (tertiary/aromatic N) is 5. The molecule has 4 aromatic rings. The normalized spacial score (nSPS) is 10.8. The van der Waals surface area contributed by atoms with Crippen LogP contribution >= 0.6 is 0 Å². The summed E-state index contributed by atoms with van der Waals surface area (Å²) >= 11 is 0. The lowest BCUT2D eigenvalue weighted by molar-refractivity contribution is -0.117. The van der Waals surface area contributed by atoms with Gasteiger partial charge in [0.2, 0.25) is 0 Å². The van der Waals surface area contributed by atoms with Crippen LogP contribution in [-0.4, -0.2) is 42.0 Å². The van der Waals surface area contributed by atoms with E-state index < -0.39 is 11.8 Å². The molecule has 0 fully saturated rings. The van der Waals surface area contributed by atoms with Crippen molar-refractivity contribution in [2.75, 3.05) is 0 Å². The van der Waals surface area contributed by atoms with E-state index in [9.17, 15) is 9.59 Å². The maximum absolute atomic E-state index is 12.1. The van der Waals surface area contributed by atoms with Gasteiger partial charge in [0.05, 0.1) is 11.9 Å². The molecule has 0 aliphatic heterocycles. The number of carbonyl (C=O) groups is 2. The number of rotatable bonds is 5. The fraction of sp³-hybridized carbons (Fsp3) is 0. The van der Waals surface area contributed by atoms with Gasteiger partial charge in [-0.05, 0) is 30.3 Å². The molecular weight excluding hydrogens is 384 g/mol. The number of para-hydroxylation sites is 1. The summed E-state index contributed by atoms with van der Waals surface area (Å²) in [6.45, 7) is 0. The number of aromatic amines is 1. The number of aromatic nitrogens is 6. The zero-order chi connectivity index (χ0) is 20.8. The van der Waals surface area contributed by atoms with Crippen LogP contribution in [0.3, 0.4) is 0 Å². The third-order valence-corrected chi connectivity index (χ3v) is 4.06. The summed E-state index contributed by atoms with van der Waals surface area (Å²) in [4.78, 5) is 28.0. The highest BCUT2D eigenvalue weighted by molar-refractivity contribution is 5.97. The van der Waals surface area contributed by atoms with Gasteiger partial charge in [0.15, 0.2) is 5.69 Å². The second-order valence-corrected chi connectivity index (χ2v) is 6.09. The van der Waals surface area contributed by atoms with E-state index in [1.54, 1.807) is 23.2 Å². The first-order valence-electron chi connectivity index (χ1n) is 8.90. The van der Waals surface area contributed by atoms with Crippen molar-refractivity contribution in [1.29, 1.82) is 0 Å². The van der Waals surface area contributed by atoms with E-state index in [1.165, 1.54) is 12.3 Å². The number of benzene rings is 1. The van der Waals surface area contributed by atoms with Crippen LogP contribution in [0.15, 0.2) is 73.3 Å². The molecule has 10 nitrogen and oxygen atoms in total. The topological polar surface area (TPSA) is 130 Å². The van der Waals surface area contributed by atoms with Crippen LogP contribution in [0, 0.1) is 0 Å². The van der Waals surface area contributed by atoms with Gasteiger partial charge in [-0.15, -0.1) is 0 Å². The molecule has 4 rings (SSSR count). The molecule has 30 heavy (non-hydrogen) atoms. The largest absolute Gasteiger partial charge is 0.291 e. The second kappa shape index (κ2) is 8.61. The molecule has 0 radical (unpaired) electrons. The SMILES string of the molecule is O=C(C=Cc1cn(-c2ccccc2)nc1-c1cccnc1)NNC(=O)c1cn[nH]n1. The predicted octanol–water partition coefficient (Wildman–Crippen LogP) is 1.53. The predicted molar refractivity (Wildman–Crippen MR) is 108 cm³/mol. The van der Waals surface area contributed by atoms with Crippen molar-refractivity contribution in [3.8, 4) is 16.9 Å². The van der Waals surface area contributed by atoms with Gasteiger partial charge in [0.25, 0.3) is 11.8 Å². The summed E-state index contributed by atoms with van der Waals surface area (Å²) in [5.74, 6) is -1.10. The second-order valence-electron chi connectivity index (χ2n) is 6.09. The van der Waals surface area contributed by atoms with Gasteiger partial charge in [-0.1, -0.05) is 18.2 Å². The van der Waals surface area contributed by atoms with Crippen LogP contribution < -0.4 is 10.9 Å². The van der Waals surface area contributed by atoms with E-state index in [4.69, 9.17) is 0 Å². The molecule has 0 spiro atoms. The average molecular weight is 400 g/mol. The van der Waals surface area contributed by atoms with Crippen molar-refractivity contribution < 1.29 is 9.59 Å². The number of hydrazine groups is 1. The van der Waals surface area contributed by atoms with Crippen molar-refractivity contribution in [2.24, 2.45) is 0 Å². The Bertz CT molecular complexity index is 1170. The molecule has 0 bridgehead atoms. The Morgan fingerprint density at radius 3 is 2.63 bits per heavy atom. The molecule has 2 amide bonds. The Balaban J connectivity index is 1.54. The maximum atomic E-state index is 12.1. The first-order valence-corrected chi connectivity index (χ1v) is 8.90. The Hall–Kier alpha value is -4.60. The monoisotopic (exact) mass is 400 g/mol. The van der Waals surface area contributed by atoms with E-state index in [2.05, 4.69) is 36.3 Å². The summed E-state index contributed by atoms with van der Waals surface area (Å²) < 4.78 is 1.73. The molecule has 0 atom stereocenters. The number of pyridine rings is 1. The summed E-state index contributed by atoms with van der Waals surface area (Å²) in [6.07, 6.45) is 9.36. The first-order chi connectivity index (χ1) is 14.7. The summed E-state index contributed by atoms with van der Waals surface area (Å²) in [7, 11) is 0. The van der Waals surface area contributed by atoms with E-state index >= 15 is 0 Å². The molecular formula is C20H16N8O2. The highest BCUT2D eigenvalue weighted by atomic mass is 16.2. The van der Waals surface area contributed by atoms with Crippen molar-refractivity contribution in [3.63, 3.8) is 0 Å². The Morgan fingerprint density at radius 1 is 1.03 bits per heavy atom. The smallest absolute Gasteiger partial charge is 0.268 e. The number of hydrogen-bond donors (Lipinski definition) is 3. The minimum atomic E-state index is -0.585. The maximum Gasteiger partial charge on any atom is 0.291 e. The van der Waals surface area contributed by atoms with Crippen molar-refractivity contribution in [1.82, 2.24) is 41.0 Å². The number of hydrogen-bond acceptors (Lipinski definition) is 6. The summed E-state index contributed by atoms with van der Waals surface area (Å²) in [6, 6.07) is 13.3. The highest BCUT2D eigenvalue weighted by Crippen LogP contribution is 2.24. The Kier molecular flexibility index (Phi) is 5.38. The molecule has 3 aromatic heterocycles. The van der Waals surface area contributed by atoms with Crippen LogP contribution in [0.2, 0.25) is 0 Å². The van der Waals surface area contributed by atoms with E-state index in [0.717, 1.165) is 11.3 Å². The minimum absolute atomic E-state index is 0.0577. The van der Waals surface area contributed by atoms with Crippen LogP contribution in [0.1, 0.15) is 16.1 Å². The van der Waals surface area contributed by atoms with Crippen molar-refractivity contribution in [3.05, 3.63) is 84.6 Å². The molecule has 10 heteroatoms. The zero-order valence-corrected chi connectivity index (χ0v) is 15.6. The number of carbonyl (C=O) groups excluding carboxylic acids is 2. The standard InChI is InChI=1S/C20H16N8O2/c29-18(24-25-20(30)17-12-22-27-23-17)9-8-15-13-28(16-6-2-1-3-7-16)26-19(15)14-5-4-10-21-11-14/h1-13H,(H,24,29)(H,25,30)(H,22,23,27). The molecule has 0 unspecified atom stereocenters. The van der Waals surface area contributed by atoms with Crippen LogP contribution in [0.4, 0.5) is 0 Å².